The number of H-pyrrole nitrogens is 1. The summed E-state index contributed by atoms with van der Waals surface area (Å²) < 4.78 is 18.4. The third-order valence-corrected chi connectivity index (χ3v) is 2.43. The van der Waals surface area contributed by atoms with Crippen molar-refractivity contribution in [3.8, 4) is 5.88 Å². The molecule has 0 atom stereocenters. The second kappa shape index (κ2) is 5.59. The number of ether oxygens (including phenoxy) is 1. The number of pyridine rings is 2. The Labute approximate surface area is 102 Å². The zero-order valence-electron chi connectivity index (χ0n) is 9.65. The van der Waals surface area contributed by atoms with Crippen molar-refractivity contribution >= 4 is 11.0 Å². The molecule has 0 saturated heterocycles. The number of aliphatic hydroxyl groups excluding tert-OH is 1. The van der Waals surface area contributed by atoms with Crippen molar-refractivity contribution < 1.29 is 14.2 Å². The van der Waals surface area contributed by atoms with Gasteiger partial charge in [0.25, 0.3) is 5.56 Å². The lowest BCUT2D eigenvalue weighted by molar-refractivity contribution is 0.249. The highest BCUT2D eigenvalue weighted by Gasteiger charge is 2.04. The van der Waals surface area contributed by atoms with E-state index in [-0.39, 0.29) is 6.61 Å². The molecule has 0 aromatic carbocycles. The molecule has 0 amide bonds. The summed E-state index contributed by atoms with van der Waals surface area (Å²) in [6.45, 7) is 0.561. The van der Waals surface area contributed by atoms with E-state index in [2.05, 4.69) is 9.97 Å². The van der Waals surface area contributed by atoms with Crippen LogP contribution in [0.2, 0.25) is 0 Å². The number of rotatable bonds is 5. The van der Waals surface area contributed by atoms with E-state index in [1.165, 1.54) is 0 Å². The number of aromatic amines is 1. The third-order valence-electron chi connectivity index (χ3n) is 2.43. The molecule has 2 N–H and O–H groups in total. The molecule has 5 nitrogen and oxygen atoms in total. The molecule has 18 heavy (non-hydrogen) atoms. The molecule has 0 aliphatic carbocycles. The number of aromatic nitrogens is 2. The van der Waals surface area contributed by atoms with Crippen LogP contribution < -0.4 is 10.3 Å². The molecule has 6 heteroatoms. The number of unbranched alkanes of at least 4 members (excludes halogenated alkanes) is 1. The quantitative estimate of drug-likeness (QED) is 0.784. The van der Waals surface area contributed by atoms with Gasteiger partial charge in [0, 0.05) is 18.1 Å². The number of fused-ring (bicyclic) bond motifs is 1. The normalized spacial score (nSPS) is 10.8. The summed E-state index contributed by atoms with van der Waals surface area (Å²) in [6, 6.07) is 4.37. The minimum atomic E-state index is -0.832. The first-order valence-corrected chi connectivity index (χ1v) is 5.64. The zero-order valence-corrected chi connectivity index (χ0v) is 9.65. The lowest BCUT2D eigenvalue weighted by atomic mass is 10.3. The van der Waals surface area contributed by atoms with Gasteiger partial charge in [-0.3, -0.25) is 4.79 Å². The predicted molar refractivity (Wildman–Crippen MR) is 64.1 cm³/mol. The number of halogens is 1. The lowest BCUT2D eigenvalue weighted by Gasteiger charge is -2.05. The highest BCUT2D eigenvalue weighted by atomic mass is 19.1. The topological polar surface area (TPSA) is 75.2 Å². The van der Waals surface area contributed by atoms with Gasteiger partial charge in [0.2, 0.25) is 5.88 Å². The molecule has 2 heterocycles. The molecule has 0 aliphatic rings. The van der Waals surface area contributed by atoms with Crippen LogP contribution >= 0.6 is 0 Å². The Morgan fingerprint density at radius 3 is 3.00 bits per heavy atom. The Morgan fingerprint density at radius 2 is 2.22 bits per heavy atom. The van der Waals surface area contributed by atoms with Gasteiger partial charge in [-0.15, -0.1) is 0 Å². The molecule has 0 bridgehead atoms. The number of hydrogen-bond acceptors (Lipinski definition) is 4. The summed E-state index contributed by atoms with van der Waals surface area (Å²) in [5.41, 5.74) is -0.506. The van der Waals surface area contributed by atoms with Gasteiger partial charge in [0.05, 0.1) is 6.61 Å². The minimum Gasteiger partial charge on any atom is -0.478 e. The fourth-order valence-corrected chi connectivity index (χ4v) is 1.51. The number of nitrogens with zero attached hydrogens (tertiary/aromatic N) is 1. The van der Waals surface area contributed by atoms with E-state index in [1.54, 1.807) is 12.1 Å². The molecule has 2 rings (SSSR count). The molecule has 2 aromatic rings. The Hall–Kier alpha value is -1.95. The summed E-state index contributed by atoms with van der Waals surface area (Å²) in [5.74, 6) is -0.469. The minimum absolute atomic E-state index is 0.126. The molecule has 0 saturated carbocycles. The smallest absolute Gasteiger partial charge is 0.285 e. The SMILES string of the molecule is O=c1[nH]c2nc(OCCCCO)ccc2cc1F. The van der Waals surface area contributed by atoms with E-state index in [1.807, 2.05) is 0 Å². The fourth-order valence-electron chi connectivity index (χ4n) is 1.51. The van der Waals surface area contributed by atoms with Gasteiger partial charge in [-0.2, -0.15) is 4.98 Å². The maximum absolute atomic E-state index is 13.0. The van der Waals surface area contributed by atoms with Gasteiger partial charge < -0.3 is 14.8 Å². The molecule has 0 unspecified atom stereocenters. The van der Waals surface area contributed by atoms with E-state index < -0.39 is 11.4 Å². The Kier molecular flexibility index (Phi) is 3.88. The van der Waals surface area contributed by atoms with Crippen molar-refractivity contribution in [1.29, 1.82) is 0 Å². The molecule has 96 valence electrons. The average Bonchev–Trinajstić information content (AvgIpc) is 2.36. The second-order valence-corrected chi connectivity index (χ2v) is 3.81. The van der Waals surface area contributed by atoms with Crippen LogP contribution in [0.1, 0.15) is 12.8 Å². The molecule has 0 aliphatic heterocycles. The number of aliphatic hydroxyl groups is 1. The first-order valence-electron chi connectivity index (χ1n) is 5.64. The second-order valence-electron chi connectivity index (χ2n) is 3.81. The molecule has 0 spiro atoms. The average molecular weight is 252 g/mol. The van der Waals surface area contributed by atoms with E-state index >= 15 is 0 Å². The third kappa shape index (κ3) is 2.84. The summed E-state index contributed by atoms with van der Waals surface area (Å²) in [4.78, 5) is 17.5. The number of hydrogen-bond donors (Lipinski definition) is 2. The first kappa shape index (κ1) is 12.5. The van der Waals surface area contributed by atoms with E-state index in [4.69, 9.17) is 9.84 Å². The fraction of sp³-hybridized carbons (Fsp3) is 0.333. The van der Waals surface area contributed by atoms with Crippen LogP contribution in [0.5, 0.6) is 5.88 Å². The van der Waals surface area contributed by atoms with E-state index in [0.29, 0.717) is 29.9 Å². The summed E-state index contributed by atoms with van der Waals surface area (Å²) >= 11 is 0. The molecule has 0 fully saturated rings. The van der Waals surface area contributed by atoms with Crippen LogP contribution in [0.4, 0.5) is 4.39 Å². The highest BCUT2D eigenvalue weighted by Crippen LogP contribution is 2.14. The van der Waals surface area contributed by atoms with Crippen LogP contribution in [0.3, 0.4) is 0 Å². The van der Waals surface area contributed by atoms with Crippen molar-refractivity contribution in [2.45, 2.75) is 12.8 Å². The van der Waals surface area contributed by atoms with Gasteiger partial charge in [-0.1, -0.05) is 0 Å². The van der Waals surface area contributed by atoms with Crippen LogP contribution in [-0.2, 0) is 0 Å². The molecule has 0 radical (unpaired) electrons. The van der Waals surface area contributed by atoms with Crippen LogP contribution in [0.25, 0.3) is 11.0 Å². The first-order chi connectivity index (χ1) is 8.70. The Bertz CT molecular complexity index is 597. The number of nitrogens with one attached hydrogen (secondary N) is 1. The summed E-state index contributed by atoms with van der Waals surface area (Å²) in [7, 11) is 0. The van der Waals surface area contributed by atoms with Crippen molar-refractivity contribution in [3.05, 3.63) is 34.4 Å². The molecular weight excluding hydrogens is 239 g/mol. The van der Waals surface area contributed by atoms with Crippen molar-refractivity contribution in [1.82, 2.24) is 9.97 Å². The van der Waals surface area contributed by atoms with Gasteiger partial charge in [0.15, 0.2) is 5.82 Å². The maximum atomic E-state index is 13.0. The standard InChI is InChI=1S/C12H13FN2O3/c13-9-7-8-3-4-10(18-6-2-1-5-16)14-11(8)15-12(9)17/h3-4,7,16H,1-2,5-6H2,(H,14,15,17). The summed E-state index contributed by atoms with van der Waals surface area (Å²) in [6.07, 6.45) is 1.38. The molecular formula is C12H13FN2O3. The van der Waals surface area contributed by atoms with E-state index in [9.17, 15) is 9.18 Å². The Balaban J connectivity index is 2.17. The van der Waals surface area contributed by atoms with Gasteiger partial charge in [0.1, 0.15) is 5.65 Å². The van der Waals surface area contributed by atoms with Crippen molar-refractivity contribution in [2.24, 2.45) is 0 Å². The zero-order chi connectivity index (χ0) is 13.0. The van der Waals surface area contributed by atoms with Gasteiger partial charge in [-0.25, -0.2) is 4.39 Å². The summed E-state index contributed by atoms with van der Waals surface area (Å²) in [5, 5.41) is 9.12. The largest absolute Gasteiger partial charge is 0.478 e. The maximum Gasteiger partial charge on any atom is 0.285 e. The van der Waals surface area contributed by atoms with Crippen molar-refractivity contribution in [3.63, 3.8) is 0 Å². The van der Waals surface area contributed by atoms with E-state index in [0.717, 1.165) is 12.5 Å². The highest BCUT2D eigenvalue weighted by molar-refractivity contribution is 5.74. The van der Waals surface area contributed by atoms with Crippen LogP contribution in [0.15, 0.2) is 23.0 Å². The molecule has 2 aromatic heterocycles. The predicted octanol–water partition coefficient (Wildman–Crippen LogP) is 1.21. The van der Waals surface area contributed by atoms with Crippen LogP contribution in [-0.4, -0.2) is 28.3 Å². The monoisotopic (exact) mass is 252 g/mol. The van der Waals surface area contributed by atoms with Gasteiger partial charge in [-0.05, 0) is 25.0 Å². The van der Waals surface area contributed by atoms with Crippen molar-refractivity contribution in [2.75, 3.05) is 13.2 Å². The van der Waals surface area contributed by atoms with Crippen LogP contribution in [0, 0.1) is 5.82 Å². The Morgan fingerprint density at radius 1 is 1.39 bits per heavy atom. The van der Waals surface area contributed by atoms with Gasteiger partial charge >= 0.3 is 0 Å². The lowest BCUT2D eigenvalue weighted by Crippen LogP contribution is -2.10.